The van der Waals surface area contributed by atoms with Crippen LogP contribution in [0.2, 0.25) is 10.0 Å². The molecule has 0 aliphatic heterocycles. The van der Waals surface area contributed by atoms with Gasteiger partial charge in [-0.3, -0.25) is 4.79 Å². The predicted molar refractivity (Wildman–Crippen MR) is 86.4 cm³/mol. The first-order chi connectivity index (χ1) is 9.63. The summed E-state index contributed by atoms with van der Waals surface area (Å²) in [6, 6.07) is 4.63. The van der Waals surface area contributed by atoms with E-state index in [0.29, 0.717) is 22.2 Å². The second kappa shape index (κ2) is 7.47. The van der Waals surface area contributed by atoms with Crippen LogP contribution >= 0.6 is 23.2 Å². The van der Waals surface area contributed by atoms with Crippen LogP contribution < -0.4 is 5.32 Å². The fraction of sp³-hybridized carbons (Fsp3) is 0.500. The Balaban J connectivity index is 2.80. The molecule has 1 N–H and O–H groups in total. The predicted octanol–water partition coefficient (Wildman–Crippen LogP) is 3.07. The van der Waals surface area contributed by atoms with E-state index < -0.39 is 21.0 Å². The lowest BCUT2D eigenvalue weighted by Crippen LogP contribution is -2.39. The van der Waals surface area contributed by atoms with Crippen LogP contribution in [-0.2, 0) is 20.4 Å². The zero-order valence-electron chi connectivity index (χ0n) is 12.2. The maximum absolute atomic E-state index is 12.2. The van der Waals surface area contributed by atoms with E-state index in [2.05, 4.69) is 5.32 Å². The number of nitrogens with one attached hydrogen (secondary N) is 1. The zero-order chi connectivity index (χ0) is 16.2. The van der Waals surface area contributed by atoms with Gasteiger partial charge in [-0.05, 0) is 30.5 Å². The Morgan fingerprint density at radius 2 is 1.81 bits per heavy atom. The van der Waals surface area contributed by atoms with Crippen LogP contribution in [0.15, 0.2) is 18.2 Å². The Labute approximate surface area is 135 Å². The van der Waals surface area contributed by atoms with Gasteiger partial charge in [0, 0.05) is 6.54 Å². The summed E-state index contributed by atoms with van der Waals surface area (Å²) < 4.78 is 24.5. The van der Waals surface area contributed by atoms with Crippen molar-refractivity contribution in [1.29, 1.82) is 0 Å². The van der Waals surface area contributed by atoms with E-state index in [1.54, 1.807) is 6.07 Å². The van der Waals surface area contributed by atoms with Gasteiger partial charge in [-0.15, -0.1) is 0 Å². The Bertz CT molecular complexity index is 615. The minimum atomic E-state index is -3.60. The van der Waals surface area contributed by atoms with Crippen LogP contribution in [0.3, 0.4) is 0 Å². The number of halogens is 2. The number of rotatable bonds is 6. The van der Waals surface area contributed by atoms with Crippen molar-refractivity contribution < 1.29 is 13.2 Å². The summed E-state index contributed by atoms with van der Waals surface area (Å²) in [5.74, 6) is -0.470. The summed E-state index contributed by atoms with van der Waals surface area (Å²) in [7, 11) is -3.60. The summed E-state index contributed by atoms with van der Waals surface area (Å²) in [4.78, 5) is 11.9. The molecule has 0 aliphatic rings. The van der Waals surface area contributed by atoms with Crippen molar-refractivity contribution in [2.45, 2.75) is 31.8 Å². The average Bonchev–Trinajstić information content (AvgIpc) is 2.39. The number of benzene rings is 1. The van der Waals surface area contributed by atoms with E-state index in [1.807, 2.05) is 13.8 Å². The number of carbonyl (C=O) groups is 1. The van der Waals surface area contributed by atoms with Gasteiger partial charge in [-0.25, -0.2) is 8.42 Å². The summed E-state index contributed by atoms with van der Waals surface area (Å²) in [6.45, 7) is 5.72. The number of carbonyl (C=O) groups excluding carboxylic acids is 1. The van der Waals surface area contributed by atoms with Gasteiger partial charge in [0.2, 0.25) is 5.91 Å². The molecule has 7 heteroatoms. The average molecular weight is 352 g/mol. The Morgan fingerprint density at radius 3 is 2.33 bits per heavy atom. The number of sulfone groups is 1. The Morgan fingerprint density at radius 1 is 1.19 bits per heavy atom. The molecular formula is C14H19Cl2NO3S. The highest BCUT2D eigenvalue weighted by Crippen LogP contribution is 2.24. The minimum absolute atomic E-state index is 0.250. The molecule has 1 atom stereocenters. The molecule has 1 amide bonds. The van der Waals surface area contributed by atoms with E-state index in [4.69, 9.17) is 23.2 Å². The molecule has 1 unspecified atom stereocenters. The van der Waals surface area contributed by atoms with Crippen molar-refractivity contribution in [3.05, 3.63) is 33.8 Å². The van der Waals surface area contributed by atoms with Gasteiger partial charge in [0.25, 0.3) is 0 Å². The smallest absolute Gasteiger partial charge is 0.238 e. The minimum Gasteiger partial charge on any atom is -0.355 e. The number of hydrogen-bond acceptors (Lipinski definition) is 3. The largest absolute Gasteiger partial charge is 0.355 e. The molecule has 0 saturated carbocycles. The van der Waals surface area contributed by atoms with Gasteiger partial charge in [0.05, 0.1) is 15.8 Å². The van der Waals surface area contributed by atoms with E-state index in [1.165, 1.54) is 19.1 Å². The fourth-order valence-electron chi connectivity index (χ4n) is 1.60. The van der Waals surface area contributed by atoms with Crippen molar-refractivity contribution in [2.75, 3.05) is 6.54 Å². The molecule has 0 saturated heterocycles. The molecule has 0 radical (unpaired) electrons. The second-order valence-electron chi connectivity index (χ2n) is 5.34. The lowest BCUT2D eigenvalue weighted by molar-refractivity contribution is -0.120. The molecule has 0 aliphatic carbocycles. The highest BCUT2D eigenvalue weighted by molar-refractivity contribution is 7.92. The summed E-state index contributed by atoms with van der Waals surface area (Å²) in [5.41, 5.74) is 0.507. The molecule has 0 heterocycles. The van der Waals surface area contributed by atoms with E-state index in [-0.39, 0.29) is 11.7 Å². The quantitative estimate of drug-likeness (QED) is 0.856. The Kier molecular flexibility index (Phi) is 6.50. The van der Waals surface area contributed by atoms with Crippen LogP contribution in [0, 0.1) is 5.92 Å². The fourth-order valence-corrected chi connectivity index (χ4v) is 3.22. The van der Waals surface area contributed by atoms with Gasteiger partial charge in [0.1, 0.15) is 5.25 Å². The molecule has 0 aromatic heterocycles. The second-order valence-corrected chi connectivity index (χ2v) is 8.47. The first kappa shape index (κ1) is 18.3. The van der Waals surface area contributed by atoms with Crippen LogP contribution in [0.1, 0.15) is 26.3 Å². The lowest BCUT2D eigenvalue weighted by atomic mass is 10.2. The third-order valence-corrected chi connectivity index (χ3v) is 5.71. The third kappa shape index (κ3) is 5.49. The summed E-state index contributed by atoms with van der Waals surface area (Å²) in [5, 5.41) is 2.18. The molecule has 21 heavy (non-hydrogen) atoms. The van der Waals surface area contributed by atoms with Crippen LogP contribution in [0.5, 0.6) is 0 Å². The molecular weight excluding hydrogens is 333 g/mol. The van der Waals surface area contributed by atoms with E-state index in [0.717, 1.165) is 0 Å². The first-order valence-corrected chi connectivity index (χ1v) is 9.04. The van der Waals surface area contributed by atoms with Crippen LogP contribution in [0.4, 0.5) is 0 Å². The SMILES string of the molecule is CC(C)CNC(=O)C(C)S(=O)(=O)Cc1ccc(Cl)c(Cl)c1. The molecule has 1 aromatic carbocycles. The number of amides is 1. The molecule has 0 spiro atoms. The maximum Gasteiger partial charge on any atom is 0.238 e. The molecule has 118 valence electrons. The van der Waals surface area contributed by atoms with Crippen LogP contribution in [-0.4, -0.2) is 26.1 Å². The van der Waals surface area contributed by atoms with Gasteiger partial charge in [0.15, 0.2) is 9.84 Å². The molecule has 1 rings (SSSR count). The van der Waals surface area contributed by atoms with Crippen molar-refractivity contribution >= 4 is 38.9 Å². The van der Waals surface area contributed by atoms with Crippen molar-refractivity contribution in [1.82, 2.24) is 5.32 Å². The van der Waals surface area contributed by atoms with Crippen molar-refractivity contribution in [3.63, 3.8) is 0 Å². The van der Waals surface area contributed by atoms with E-state index >= 15 is 0 Å². The highest BCUT2D eigenvalue weighted by Gasteiger charge is 2.28. The normalized spacial score (nSPS) is 13.2. The van der Waals surface area contributed by atoms with Crippen molar-refractivity contribution in [3.8, 4) is 0 Å². The summed E-state index contributed by atoms with van der Waals surface area (Å²) in [6.07, 6.45) is 0. The number of hydrogen-bond donors (Lipinski definition) is 1. The van der Waals surface area contributed by atoms with Gasteiger partial charge in [-0.2, -0.15) is 0 Å². The standard InChI is InChI=1S/C14H19Cl2NO3S/c1-9(2)7-17-14(18)10(3)21(19,20)8-11-4-5-12(15)13(16)6-11/h4-6,9-10H,7-8H2,1-3H3,(H,17,18). The first-order valence-electron chi connectivity index (χ1n) is 6.56. The monoisotopic (exact) mass is 351 g/mol. The molecule has 4 nitrogen and oxygen atoms in total. The Hall–Kier alpha value is -0.780. The van der Waals surface area contributed by atoms with Gasteiger partial charge in [-0.1, -0.05) is 43.1 Å². The zero-order valence-corrected chi connectivity index (χ0v) is 14.5. The van der Waals surface area contributed by atoms with E-state index in [9.17, 15) is 13.2 Å². The topological polar surface area (TPSA) is 63.2 Å². The molecule has 1 aromatic rings. The van der Waals surface area contributed by atoms with Gasteiger partial charge < -0.3 is 5.32 Å². The third-order valence-electron chi connectivity index (χ3n) is 2.94. The van der Waals surface area contributed by atoms with Crippen molar-refractivity contribution in [2.24, 2.45) is 5.92 Å². The highest BCUT2D eigenvalue weighted by atomic mass is 35.5. The van der Waals surface area contributed by atoms with Crippen LogP contribution in [0.25, 0.3) is 0 Å². The maximum atomic E-state index is 12.2. The summed E-state index contributed by atoms with van der Waals surface area (Å²) >= 11 is 11.7. The lowest BCUT2D eigenvalue weighted by Gasteiger charge is -2.14. The molecule has 0 bridgehead atoms. The molecule has 0 fully saturated rings. The van der Waals surface area contributed by atoms with Gasteiger partial charge >= 0.3 is 0 Å².